The van der Waals surface area contributed by atoms with Gasteiger partial charge in [0.1, 0.15) is 5.82 Å². The lowest BCUT2D eigenvalue weighted by molar-refractivity contribution is -0.130. The molecule has 1 fully saturated rings. The molecule has 25 heavy (non-hydrogen) atoms. The van der Waals surface area contributed by atoms with Crippen molar-refractivity contribution in [1.82, 2.24) is 24.6 Å². The van der Waals surface area contributed by atoms with E-state index in [4.69, 9.17) is 14.8 Å². The van der Waals surface area contributed by atoms with Gasteiger partial charge in [-0.2, -0.15) is 5.10 Å². The zero-order valence-corrected chi connectivity index (χ0v) is 15.3. The summed E-state index contributed by atoms with van der Waals surface area (Å²) in [4.78, 5) is 23.6. The number of hydrogen-bond donors (Lipinski definition) is 0. The van der Waals surface area contributed by atoms with E-state index in [-0.39, 0.29) is 5.91 Å². The molecule has 2 aromatic rings. The highest BCUT2D eigenvalue weighted by Gasteiger charge is 2.25. The van der Waals surface area contributed by atoms with Crippen LogP contribution in [0.2, 0.25) is 0 Å². The molecule has 0 radical (unpaired) electrons. The van der Waals surface area contributed by atoms with Crippen LogP contribution >= 0.6 is 11.3 Å². The maximum Gasteiger partial charge on any atom is 0.228 e. The Balaban J connectivity index is 1.38. The van der Waals surface area contributed by atoms with Crippen LogP contribution in [0.1, 0.15) is 41.1 Å². The molecule has 8 heteroatoms. The molecule has 0 unspecified atom stereocenters. The van der Waals surface area contributed by atoms with E-state index >= 15 is 0 Å². The van der Waals surface area contributed by atoms with Gasteiger partial charge >= 0.3 is 0 Å². The van der Waals surface area contributed by atoms with Gasteiger partial charge in [-0.1, -0.05) is 0 Å². The summed E-state index contributed by atoms with van der Waals surface area (Å²) < 4.78 is 7.41. The number of carbonyl (C=O) groups is 1. The molecule has 0 N–H and O–H groups in total. The Kier molecular flexibility index (Phi) is 4.80. The summed E-state index contributed by atoms with van der Waals surface area (Å²) in [6.45, 7) is 5.66. The van der Waals surface area contributed by atoms with E-state index in [0.29, 0.717) is 32.0 Å². The van der Waals surface area contributed by atoms with Gasteiger partial charge in [0.05, 0.1) is 23.7 Å². The third-order valence-corrected chi connectivity index (χ3v) is 5.71. The summed E-state index contributed by atoms with van der Waals surface area (Å²) >= 11 is 1.59. The van der Waals surface area contributed by atoms with Crippen LogP contribution in [0.3, 0.4) is 0 Å². The van der Waals surface area contributed by atoms with Crippen LogP contribution in [0.5, 0.6) is 0 Å². The maximum absolute atomic E-state index is 12.5. The number of nitrogens with zero attached hydrogens (tertiary/aromatic N) is 5. The molecular formula is C17H23N5O2S. The fourth-order valence-electron chi connectivity index (χ4n) is 3.45. The standard InChI is InChI=1S/C17H23N5O2S/c1-12-18-14(11-25-12)10-16(23)21-5-2-15-19-17(20-22(15)7-6-21)13-3-8-24-9-4-13/h11,13H,2-10H2,1H3. The summed E-state index contributed by atoms with van der Waals surface area (Å²) in [5.74, 6) is 2.51. The normalized spacial score (nSPS) is 18.8. The number of carbonyl (C=O) groups excluding carboxylic acids is 1. The predicted molar refractivity (Wildman–Crippen MR) is 93.7 cm³/mol. The summed E-state index contributed by atoms with van der Waals surface area (Å²) in [6.07, 6.45) is 3.15. The van der Waals surface area contributed by atoms with Crippen molar-refractivity contribution < 1.29 is 9.53 Å². The number of amides is 1. The fraction of sp³-hybridized carbons (Fsp3) is 0.647. The SMILES string of the molecule is Cc1nc(CC(=O)N2CCc3nc(C4CCOCC4)nn3CC2)cs1. The first-order chi connectivity index (χ1) is 12.2. The van der Waals surface area contributed by atoms with Crippen molar-refractivity contribution >= 4 is 17.2 Å². The fourth-order valence-corrected chi connectivity index (χ4v) is 4.07. The van der Waals surface area contributed by atoms with Gasteiger partial charge in [-0.05, 0) is 19.8 Å². The van der Waals surface area contributed by atoms with Crippen molar-refractivity contribution in [1.29, 1.82) is 0 Å². The largest absolute Gasteiger partial charge is 0.381 e. The number of aromatic nitrogens is 4. The zero-order chi connectivity index (χ0) is 17.2. The molecule has 1 amide bonds. The number of rotatable bonds is 3. The highest BCUT2D eigenvalue weighted by Crippen LogP contribution is 2.25. The van der Waals surface area contributed by atoms with Crippen molar-refractivity contribution in [3.8, 4) is 0 Å². The Morgan fingerprint density at radius 2 is 2.12 bits per heavy atom. The van der Waals surface area contributed by atoms with Crippen molar-refractivity contribution in [2.75, 3.05) is 26.3 Å². The molecule has 0 aliphatic carbocycles. The monoisotopic (exact) mass is 361 g/mol. The average Bonchev–Trinajstić information content (AvgIpc) is 3.16. The van der Waals surface area contributed by atoms with Crippen LogP contribution in [0.15, 0.2) is 5.38 Å². The first-order valence-corrected chi connectivity index (χ1v) is 9.77. The van der Waals surface area contributed by atoms with Gasteiger partial charge in [-0.3, -0.25) is 4.79 Å². The van der Waals surface area contributed by atoms with Crippen LogP contribution in [0.4, 0.5) is 0 Å². The van der Waals surface area contributed by atoms with Crippen molar-refractivity contribution in [3.05, 3.63) is 27.7 Å². The molecule has 134 valence electrons. The van der Waals surface area contributed by atoms with E-state index in [0.717, 1.165) is 54.8 Å². The Morgan fingerprint density at radius 1 is 1.28 bits per heavy atom. The summed E-state index contributed by atoms with van der Waals surface area (Å²) in [7, 11) is 0. The smallest absolute Gasteiger partial charge is 0.228 e. The third-order valence-electron chi connectivity index (χ3n) is 4.89. The average molecular weight is 361 g/mol. The summed E-state index contributed by atoms with van der Waals surface area (Å²) in [6, 6.07) is 0. The highest BCUT2D eigenvalue weighted by molar-refractivity contribution is 7.09. The molecule has 0 atom stereocenters. The molecule has 0 bridgehead atoms. The zero-order valence-electron chi connectivity index (χ0n) is 14.5. The van der Waals surface area contributed by atoms with Crippen molar-refractivity contribution in [2.24, 2.45) is 0 Å². The van der Waals surface area contributed by atoms with E-state index in [2.05, 4.69) is 4.98 Å². The minimum atomic E-state index is 0.140. The van der Waals surface area contributed by atoms with Crippen LogP contribution in [0.25, 0.3) is 0 Å². The molecule has 2 aliphatic heterocycles. The van der Waals surface area contributed by atoms with E-state index in [1.165, 1.54) is 0 Å². The van der Waals surface area contributed by atoms with Gasteiger partial charge in [0.25, 0.3) is 0 Å². The summed E-state index contributed by atoms with van der Waals surface area (Å²) in [5.41, 5.74) is 0.870. The quantitative estimate of drug-likeness (QED) is 0.830. The highest BCUT2D eigenvalue weighted by atomic mass is 32.1. The topological polar surface area (TPSA) is 73.1 Å². The first-order valence-electron chi connectivity index (χ1n) is 8.89. The Labute approximate surface area is 151 Å². The molecule has 4 rings (SSSR count). The van der Waals surface area contributed by atoms with Crippen LogP contribution in [0, 0.1) is 6.92 Å². The molecule has 2 aromatic heterocycles. The lowest BCUT2D eigenvalue weighted by Gasteiger charge is -2.20. The number of thiazole rings is 1. The number of ether oxygens (including phenoxy) is 1. The number of fused-ring (bicyclic) bond motifs is 1. The van der Waals surface area contributed by atoms with Gasteiger partial charge in [0, 0.05) is 44.0 Å². The van der Waals surface area contributed by atoms with Gasteiger partial charge in [-0.25, -0.2) is 14.6 Å². The molecule has 0 spiro atoms. The maximum atomic E-state index is 12.5. The second-order valence-electron chi connectivity index (χ2n) is 6.66. The van der Waals surface area contributed by atoms with Gasteiger partial charge in [0.2, 0.25) is 5.91 Å². The lowest BCUT2D eigenvalue weighted by atomic mass is 10.00. The second-order valence-corrected chi connectivity index (χ2v) is 7.72. The second kappa shape index (κ2) is 7.21. The van der Waals surface area contributed by atoms with E-state index < -0.39 is 0 Å². The van der Waals surface area contributed by atoms with E-state index in [1.807, 2.05) is 21.9 Å². The lowest BCUT2D eigenvalue weighted by Crippen LogP contribution is -2.35. The van der Waals surface area contributed by atoms with E-state index in [9.17, 15) is 4.79 Å². The third kappa shape index (κ3) is 3.74. The molecule has 7 nitrogen and oxygen atoms in total. The minimum Gasteiger partial charge on any atom is -0.381 e. The van der Waals surface area contributed by atoms with Gasteiger partial charge in [0.15, 0.2) is 5.82 Å². The molecular weight excluding hydrogens is 338 g/mol. The van der Waals surface area contributed by atoms with Gasteiger partial charge in [-0.15, -0.1) is 11.3 Å². The van der Waals surface area contributed by atoms with Crippen LogP contribution in [-0.2, 0) is 28.9 Å². The Morgan fingerprint density at radius 3 is 2.88 bits per heavy atom. The molecule has 0 aromatic carbocycles. The van der Waals surface area contributed by atoms with Crippen LogP contribution in [-0.4, -0.2) is 56.9 Å². The molecule has 2 aliphatic rings. The number of aryl methyl sites for hydroxylation is 1. The van der Waals surface area contributed by atoms with Crippen molar-refractivity contribution in [2.45, 2.75) is 45.1 Å². The van der Waals surface area contributed by atoms with Crippen LogP contribution < -0.4 is 0 Å². The minimum absolute atomic E-state index is 0.140. The van der Waals surface area contributed by atoms with E-state index in [1.54, 1.807) is 11.3 Å². The van der Waals surface area contributed by atoms with Gasteiger partial charge < -0.3 is 9.64 Å². The number of hydrogen-bond acceptors (Lipinski definition) is 6. The first kappa shape index (κ1) is 16.7. The predicted octanol–water partition coefficient (Wildman–Crippen LogP) is 1.56. The Hall–Kier alpha value is -1.80. The van der Waals surface area contributed by atoms with Crippen molar-refractivity contribution in [3.63, 3.8) is 0 Å². The summed E-state index contributed by atoms with van der Waals surface area (Å²) in [5, 5.41) is 7.69. The molecule has 4 heterocycles. The molecule has 1 saturated heterocycles. The Bertz CT molecular complexity index is 725. The molecule has 0 saturated carbocycles.